The van der Waals surface area contributed by atoms with E-state index < -0.39 is 46.7 Å². The second-order valence-electron chi connectivity index (χ2n) is 4.54. The maximum atomic E-state index is 12.0. The lowest BCUT2D eigenvalue weighted by atomic mass is 9.89. The third-order valence-electron chi connectivity index (χ3n) is 3.18. The van der Waals surface area contributed by atoms with Crippen LogP contribution in [0.4, 0.5) is 13.2 Å². The summed E-state index contributed by atoms with van der Waals surface area (Å²) in [5.41, 5.74) is 0. The number of rotatable bonds is 3. The highest BCUT2D eigenvalue weighted by Gasteiger charge is 2.49. The molecule has 2 heterocycles. The van der Waals surface area contributed by atoms with Crippen LogP contribution in [0.1, 0.15) is 6.42 Å². The topological polar surface area (TPSA) is 92.8 Å². The lowest BCUT2D eigenvalue weighted by molar-refractivity contribution is -0.153. The minimum absolute atomic E-state index is 0.0438. The molecule has 0 spiro atoms. The summed E-state index contributed by atoms with van der Waals surface area (Å²) in [6.07, 6.45) is -4.63. The van der Waals surface area contributed by atoms with Gasteiger partial charge in [-0.25, -0.2) is 0 Å². The average molecular weight is 316 g/mol. The summed E-state index contributed by atoms with van der Waals surface area (Å²) in [5, 5.41) is 0. The largest absolute Gasteiger partial charge is 0.402 e. The molecule has 20 heavy (non-hydrogen) atoms. The zero-order valence-electron chi connectivity index (χ0n) is 10.0. The van der Waals surface area contributed by atoms with Crippen LogP contribution in [0.2, 0.25) is 0 Å². The normalized spacial score (nSPS) is 28.4. The number of nitrogens with one attached hydrogen (secondary N) is 1. The minimum Gasteiger partial charge on any atom is -0.393 e. The molecule has 0 aromatic rings. The molecule has 11 heteroatoms. The van der Waals surface area contributed by atoms with Crippen LogP contribution >= 0.6 is 0 Å². The lowest BCUT2D eigenvalue weighted by Gasteiger charge is -2.30. The van der Waals surface area contributed by atoms with Crippen LogP contribution in [0.5, 0.6) is 0 Å². The number of ether oxygens (including phenoxy) is 1. The molecule has 0 aromatic heterocycles. The van der Waals surface area contributed by atoms with Crippen molar-refractivity contribution in [3.8, 4) is 0 Å². The second kappa shape index (κ2) is 4.97. The first-order chi connectivity index (χ1) is 9.10. The van der Waals surface area contributed by atoms with Crippen molar-refractivity contribution in [3.05, 3.63) is 0 Å². The SMILES string of the molecule is O=C1OC(=O)C2CN(S(=O)(=O)NCC(F)(F)F)CCC12. The highest BCUT2D eigenvalue weighted by molar-refractivity contribution is 7.87. The molecule has 0 aliphatic carbocycles. The number of fused-ring (bicyclic) bond motifs is 1. The van der Waals surface area contributed by atoms with Gasteiger partial charge in [0.1, 0.15) is 6.54 Å². The van der Waals surface area contributed by atoms with Crippen molar-refractivity contribution in [1.29, 1.82) is 0 Å². The highest BCUT2D eigenvalue weighted by atomic mass is 32.2. The molecule has 2 saturated heterocycles. The lowest BCUT2D eigenvalue weighted by Crippen LogP contribution is -2.50. The molecule has 2 aliphatic heterocycles. The van der Waals surface area contributed by atoms with Gasteiger partial charge < -0.3 is 4.74 Å². The first-order valence-electron chi connectivity index (χ1n) is 5.67. The van der Waals surface area contributed by atoms with Crippen LogP contribution in [-0.4, -0.2) is 50.5 Å². The molecule has 0 amide bonds. The number of hydrogen-bond donors (Lipinski definition) is 1. The number of carbonyl (C=O) groups excluding carboxylic acids is 2. The molecule has 2 unspecified atom stereocenters. The fraction of sp³-hybridized carbons (Fsp3) is 0.778. The van der Waals surface area contributed by atoms with Gasteiger partial charge in [-0.05, 0) is 6.42 Å². The van der Waals surface area contributed by atoms with Crippen molar-refractivity contribution < 1.29 is 35.9 Å². The number of alkyl halides is 3. The van der Waals surface area contributed by atoms with Crippen molar-refractivity contribution in [2.75, 3.05) is 19.6 Å². The van der Waals surface area contributed by atoms with Gasteiger partial charge in [0, 0.05) is 13.1 Å². The second-order valence-corrected chi connectivity index (χ2v) is 6.30. The highest BCUT2D eigenvalue weighted by Crippen LogP contribution is 2.32. The van der Waals surface area contributed by atoms with Gasteiger partial charge in [0.2, 0.25) is 0 Å². The molecule has 0 radical (unpaired) electrons. The smallest absolute Gasteiger partial charge is 0.393 e. The molecular weight excluding hydrogens is 305 g/mol. The molecule has 2 fully saturated rings. The van der Waals surface area contributed by atoms with E-state index in [4.69, 9.17) is 0 Å². The first kappa shape index (κ1) is 15.2. The molecule has 2 rings (SSSR count). The van der Waals surface area contributed by atoms with E-state index in [0.29, 0.717) is 0 Å². The van der Waals surface area contributed by atoms with Crippen LogP contribution < -0.4 is 4.72 Å². The molecule has 2 aliphatic rings. The van der Waals surface area contributed by atoms with Crippen molar-refractivity contribution >= 4 is 22.1 Å². The molecule has 1 N–H and O–H groups in total. The number of hydrogen-bond acceptors (Lipinski definition) is 5. The Bertz CT molecular complexity index is 532. The van der Waals surface area contributed by atoms with Crippen molar-refractivity contribution in [1.82, 2.24) is 9.03 Å². The quantitative estimate of drug-likeness (QED) is 0.555. The predicted octanol–water partition coefficient (Wildman–Crippen LogP) is -0.595. The maximum absolute atomic E-state index is 12.0. The Kier molecular flexibility index (Phi) is 3.77. The Hall–Kier alpha value is -1.20. The van der Waals surface area contributed by atoms with Gasteiger partial charge in [0.25, 0.3) is 10.2 Å². The van der Waals surface area contributed by atoms with E-state index in [1.807, 2.05) is 0 Å². The summed E-state index contributed by atoms with van der Waals surface area (Å²) in [5.74, 6) is -3.20. The average Bonchev–Trinajstić information content (AvgIpc) is 2.62. The van der Waals surface area contributed by atoms with Crippen LogP contribution in [0.15, 0.2) is 0 Å². The third kappa shape index (κ3) is 3.10. The molecule has 0 bridgehead atoms. The molecule has 7 nitrogen and oxygen atoms in total. The third-order valence-corrected chi connectivity index (χ3v) is 4.70. The van der Waals surface area contributed by atoms with Gasteiger partial charge in [-0.2, -0.15) is 30.6 Å². The monoisotopic (exact) mass is 316 g/mol. The Morgan fingerprint density at radius 1 is 1.25 bits per heavy atom. The summed E-state index contributed by atoms with van der Waals surface area (Å²) in [6.45, 7) is -2.19. The number of halogens is 3. The number of cyclic esters (lactones) is 2. The number of esters is 2. The standard InChI is InChI=1S/C9H11F3N2O5S/c10-9(11,12)4-13-20(17,18)14-2-1-5-6(3-14)8(16)19-7(5)15/h5-6,13H,1-4H2. The van der Waals surface area contributed by atoms with E-state index >= 15 is 0 Å². The minimum atomic E-state index is -4.67. The van der Waals surface area contributed by atoms with E-state index in [0.717, 1.165) is 4.31 Å². The molecule has 114 valence electrons. The van der Waals surface area contributed by atoms with Crippen LogP contribution in [0.25, 0.3) is 0 Å². The summed E-state index contributed by atoms with van der Waals surface area (Å²) in [7, 11) is -4.35. The van der Waals surface area contributed by atoms with Gasteiger partial charge in [-0.1, -0.05) is 0 Å². The Labute approximate surface area is 112 Å². The molecule has 0 aromatic carbocycles. The van der Waals surface area contributed by atoms with Gasteiger partial charge in [-0.3, -0.25) is 9.59 Å². The van der Waals surface area contributed by atoms with Crippen LogP contribution in [0.3, 0.4) is 0 Å². The number of nitrogens with zero attached hydrogens (tertiary/aromatic N) is 1. The van der Waals surface area contributed by atoms with E-state index in [2.05, 4.69) is 4.74 Å². The first-order valence-corrected chi connectivity index (χ1v) is 7.11. The van der Waals surface area contributed by atoms with E-state index in [1.54, 1.807) is 0 Å². The number of piperidine rings is 1. The summed E-state index contributed by atoms with van der Waals surface area (Å²) < 4.78 is 65.9. The predicted molar refractivity (Wildman–Crippen MR) is 57.2 cm³/mol. The van der Waals surface area contributed by atoms with Gasteiger partial charge in [-0.15, -0.1) is 0 Å². The van der Waals surface area contributed by atoms with Crippen LogP contribution in [-0.2, 0) is 24.5 Å². The van der Waals surface area contributed by atoms with Crippen LogP contribution in [0, 0.1) is 11.8 Å². The fourth-order valence-electron chi connectivity index (χ4n) is 2.18. The van der Waals surface area contributed by atoms with Gasteiger partial charge in [0.05, 0.1) is 11.8 Å². The molecular formula is C9H11F3N2O5S. The Balaban J connectivity index is 2.04. The van der Waals surface area contributed by atoms with Crippen molar-refractivity contribution in [2.45, 2.75) is 12.6 Å². The van der Waals surface area contributed by atoms with E-state index in [-0.39, 0.29) is 19.5 Å². The maximum Gasteiger partial charge on any atom is 0.402 e. The number of carbonyl (C=O) groups is 2. The molecule has 0 saturated carbocycles. The Morgan fingerprint density at radius 3 is 2.45 bits per heavy atom. The van der Waals surface area contributed by atoms with Gasteiger partial charge in [0.15, 0.2) is 0 Å². The van der Waals surface area contributed by atoms with E-state index in [1.165, 1.54) is 4.72 Å². The summed E-state index contributed by atoms with van der Waals surface area (Å²) >= 11 is 0. The molecule has 2 atom stereocenters. The van der Waals surface area contributed by atoms with Crippen molar-refractivity contribution in [2.24, 2.45) is 11.8 Å². The Morgan fingerprint density at radius 2 is 1.85 bits per heavy atom. The summed E-state index contributed by atoms with van der Waals surface area (Å²) in [4.78, 5) is 22.6. The zero-order valence-corrected chi connectivity index (χ0v) is 10.8. The van der Waals surface area contributed by atoms with Gasteiger partial charge >= 0.3 is 18.1 Å². The van der Waals surface area contributed by atoms with Crippen molar-refractivity contribution in [3.63, 3.8) is 0 Å². The fourth-order valence-corrected chi connectivity index (χ4v) is 3.41. The zero-order chi connectivity index (χ0) is 15.1. The van der Waals surface area contributed by atoms with E-state index in [9.17, 15) is 31.2 Å². The summed E-state index contributed by atoms with van der Waals surface area (Å²) in [6, 6.07) is 0.